The molecule has 3 heterocycles. The molecule has 0 fully saturated rings. The van der Waals surface area contributed by atoms with E-state index in [1.165, 1.54) is 12.1 Å². The van der Waals surface area contributed by atoms with Gasteiger partial charge in [-0.15, -0.1) is 0 Å². The first-order chi connectivity index (χ1) is 15.3. The van der Waals surface area contributed by atoms with Crippen LogP contribution in [0.1, 0.15) is 27.5 Å². The highest BCUT2D eigenvalue weighted by Crippen LogP contribution is 2.21. The molecule has 10 nitrogen and oxygen atoms in total. The lowest BCUT2D eigenvalue weighted by Crippen LogP contribution is -2.33. The quantitative estimate of drug-likeness (QED) is 0.360. The molecule has 0 aliphatic rings. The molecule has 0 spiro atoms. The summed E-state index contributed by atoms with van der Waals surface area (Å²) in [5.41, 5.74) is 0.750. The molecule has 0 saturated carbocycles. The van der Waals surface area contributed by atoms with Gasteiger partial charge in [0, 0.05) is 23.0 Å². The van der Waals surface area contributed by atoms with Gasteiger partial charge in [0.15, 0.2) is 12.4 Å². The molecule has 0 amide bonds. The topological polar surface area (TPSA) is 129 Å². The summed E-state index contributed by atoms with van der Waals surface area (Å²) >= 11 is 0. The predicted octanol–water partition coefficient (Wildman–Crippen LogP) is 1.82. The number of nitrogens with zero attached hydrogens (tertiary/aromatic N) is 3. The van der Waals surface area contributed by atoms with Gasteiger partial charge in [0.05, 0.1) is 10.8 Å². The lowest BCUT2D eigenvalue weighted by Gasteiger charge is -2.08. The number of aryl methyl sites for hydroxylation is 2. The van der Waals surface area contributed by atoms with E-state index in [1.807, 2.05) is 6.92 Å². The van der Waals surface area contributed by atoms with Crippen molar-refractivity contribution in [1.82, 2.24) is 19.5 Å². The van der Waals surface area contributed by atoms with Crippen LogP contribution in [-0.2, 0) is 16.1 Å². The summed E-state index contributed by atoms with van der Waals surface area (Å²) in [6.07, 6.45) is 0. The number of carbonyl (C=O) groups is 2. The smallest absolute Gasteiger partial charge is 0.328 e. The van der Waals surface area contributed by atoms with Crippen molar-refractivity contribution in [2.45, 2.75) is 27.3 Å². The van der Waals surface area contributed by atoms with Crippen LogP contribution in [0.25, 0.3) is 16.6 Å². The third-order valence-corrected chi connectivity index (χ3v) is 5.11. The molecule has 4 aromatic rings. The largest absolute Gasteiger partial charge is 0.456 e. The van der Waals surface area contributed by atoms with Gasteiger partial charge in [0.2, 0.25) is 5.78 Å². The molecule has 3 aromatic heterocycles. The number of ketones is 1. The molecule has 1 aromatic carbocycles. The second-order valence-electron chi connectivity index (χ2n) is 7.38. The number of benzene rings is 1. The number of H-pyrrole nitrogens is 1. The number of carbonyl (C=O) groups excluding carboxylic acids is 2. The maximum atomic E-state index is 12.7. The average molecular weight is 436 g/mol. The Hall–Kier alpha value is -4.21. The first kappa shape index (κ1) is 21.0. The van der Waals surface area contributed by atoms with Crippen LogP contribution in [0.15, 0.2) is 50.5 Å². The van der Waals surface area contributed by atoms with Crippen LogP contribution >= 0.6 is 0 Å². The Bertz CT molecular complexity index is 1470. The number of esters is 1. The predicted molar refractivity (Wildman–Crippen MR) is 114 cm³/mol. The number of aromatic amines is 1. The van der Waals surface area contributed by atoms with Gasteiger partial charge in [-0.25, -0.2) is 4.68 Å². The molecule has 1 N–H and O–H groups in total. The van der Waals surface area contributed by atoms with Gasteiger partial charge >= 0.3 is 5.97 Å². The van der Waals surface area contributed by atoms with Gasteiger partial charge in [0.25, 0.3) is 11.1 Å². The van der Waals surface area contributed by atoms with Crippen LogP contribution in [-0.4, -0.2) is 37.9 Å². The van der Waals surface area contributed by atoms with E-state index < -0.39 is 36.0 Å². The minimum atomic E-state index is -0.827. The number of hydrogen-bond acceptors (Lipinski definition) is 7. The fraction of sp³-hybridized carbons (Fsp3) is 0.227. The SMILES string of the molecule is Cc1cc(-n2c(C)cc(C(=O)COC(=O)Cn3[nH]c(=O)c4ccccc4c3=O)c2C)no1. The van der Waals surface area contributed by atoms with Crippen LogP contribution in [0.5, 0.6) is 0 Å². The zero-order valence-corrected chi connectivity index (χ0v) is 17.7. The summed E-state index contributed by atoms with van der Waals surface area (Å²) in [7, 11) is 0. The third-order valence-electron chi connectivity index (χ3n) is 5.11. The highest BCUT2D eigenvalue weighted by atomic mass is 16.5. The fourth-order valence-electron chi connectivity index (χ4n) is 3.61. The van der Waals surface area contributed by atoms with Crippen LogP contribution in [0.2, 0.25) is 0 Å². The Morgan fingerprint density at radius 2 is 1.81 bits per heavy atom. The summed E-state index contributed by atoms with van der Waals surface area (Å²) in [5, 5.41) is 6.74. The number of Topliss-reactive ketones (excluding diaryl/α,β-unsaturated/α-hetero) is 1. The molecular weight excluding hydrogens is 416 g/mol. The number of fused-ring (bicyclic) bond motifs is 1. The maximum Gasteiger partial charge on any atom is 0.328 e. The van der Waals surface area contributed by atoms with Gasteiger partial charge in [-0.3, -0.25) is 28.8 Å². The molecular formula is C22H20N4O6. The minimum absolute atomic E-state index is 0.190. The van der Waals surface area contributed by atoms with Crippen LogP contribution in [0.4, 0.5) is 0 Å². The Kier molecular flexibility index (Phi) is 5.35. The van der Waals surface area contributed by atoms with Gasteiger partial charge in [-0.05, 0) is 39.0 Å². The Balaban J connectivity index is 1.48. The van der Waals surface area contributed by atoms with Crippen LogP contribution < -0.4 is 11.1 Å². The van der Waals surface area contributed by atoms with Crippen molar-refractivity contribution in [2.75, 3.05) is 6.61 Å². The normalized spacial score (nSPS) is 11.1. The first-order valence-electron chi connectivity index (χ1n) is 9.79. The number of rotatable bonds is 6. The van der Waals surface area contributed by atoms with Crippen molar-refractivity contribution < 1.29 is 18.8 Å². The summed E-state index contributed by atoms with van der Waals surface area (Å²) in [6, 6.07) is 9.72. The van der Waals surface area contributed by atoms with E-state index in [0.717, 1.165) is 10.4 Å². The zero-order chi connectivity index (χ0) is 23.0. The van der Waals surface area contributed by atoms with Gasteiger partial charge in [-0.1, -0.05) is 17.3 Å². The van der Waals surface area contributed by atoms with Crippen molar-refractivity contribution in [2.24, 2.45) is 0 Å². The molecule has 0 aliphatic carbocycles. The molecule has 0 unspecified atom stereocenters. The second kappa shape index (κ2) is 8.14. The molecule has 0 saturated heterocycles. The Morgan fingerprint density at radius 3 is 2.50 bits per heavy atom. The van der Waals surface area contributed by atoms with E-state index in [-0.39, 0.29) is 10.8 Å². The van der Waals surface area contributed by atoms with E-state index in [4.69, 9.17) is 9.26 Å². The molecule has 0 radical (unpaired) electrons. The van der Waals surface area contributed by atoms with E-state index in [9.17, 15) is 19.2 Å². The molecule has 0 atom stereocenters. The van der Waals surface area contributed by atoms with Crippen molar-refractivity contribution >= 4 is 22.5 Å². The summed E-state index contributed by atoms with van der Waals surface area (Å²) < 4.78 is 12.8. The highest BCUT2D eigenvalue weighted by Gasteiger charge is 2.20. The van der Waals surface area contributed by atoms with Gasteiger partial charge in [-0.2, -0.15) is 0 Å². The van der Waals surface area contributed by atoms with Crippen molar-refractivity contribution in [3.05, 3.63) is 79.8 Å². The second-order valence-corrected chi connectivity index (χ2v) is 7.38. The van der Waals surface area contributed by atoms with Crippen molar-refractivity contribution in [1.29, 1.82) is 0 Å². The molecule has 10 heteroatoms. The van der Waals surface area contributed by atoms with E-state index in [2.05, 4.69) is 10.3 Å². The summed E-state index contributed by atoms with van der Waals surface area (Å²) in [6.45, 7) is 4.31. The number of aromatic nitrogens is 4. The summed E-state index contributed by atoms with van der Waals surface area (Å²) in [4.78, 5) is 49.5. The standard InChI is InChI=1S/C22H20N4O6/c1-12-8-17(14(3)26(12)19-9-13(2)32-24-19)18(27)11-31-20(28)10-25-22(30)16-7-5-4-6-15(16)21(29)23-25/h4-9H,10-11H2,1-3H3,(H,23,29). The number of hydrogen-bond donors (Lipinski definition) is 1. The zero-order valence-electron chi connectivity index (χ0n) is 17.7. The van der Waals surface area contributed by atoms with Crippen LogP contribution in [0.3, 0.4) is 0 Å². The fourth-order valence-corrected chi connectivity index (χ4v) is 3.61. The number of ether oxygens (including phenoxy) is 1. The highest BCUT2D eigenvalue weighted by molar-refractivity contribution is 5.99. The molecule has 32 heavy (non-hydrogen) atoms. The maximum absolute atomic E-state index is 12.7. The monoisotopic (exact) mass is 436 g/mol. The molecule has 0 aliphatic heterocycles. The lowest BCUT2D eigenvalue weighted by atomic mass is 10.1. The van der Waals surface area contributed by atoms with Crippen molar-refractivity contribution in [3.63, 3.8) is 0 Å². The Labute approximate surface area is 181 Å². The summed E-state index contributed by atoms with van der Waals surface area (Å²) in [5.74, 6) is -0.0472. The first-order valence-corrected chi connectivity index (χ1v) is 9.79. The van der Waals surface area contributed by atoms with E-state index in [0.29, 0.717) is 22.8 Å². The lowest BCUT2D eigenvalue weighted by molar-refractivity contribution is -0.143. The average Bonchev–Trinajstić information content (AvgIpc) is 3.32. The molecule has 164 valence electrons. The third kappa shape index (κ3) is 3.78. The molecule has 4 rings (SSSR count). The van der Waals surface area contributed by atoms with E-state index in [1.54, 1.807) is 42.7 Å². The Morgan fingerprint density at radius 1 is 1.09 bits per heavy atom. The minimum Gasteiger partial charge on any atom is -0.456 e. The van der Waals surface area contributed by atoms with Crippen LogP contribution in [0, 0.1) is 20.8 Å². The molecule has 0 bridgehead atoms. The van der Waals surface area contributed by atoms with Crippen molar-refractivity contribution in [3.8, 4) is 5.82 Å². The number of nitrogens with one attached hydrogen (secondary N) is 1. The van der Waals surface area contributed by atoms with Gasteiger partial charge < -0.3 is 9.26 Å². The van der Waals surface area contributed by atoms with E-state index >= 15 is 0 Å². The van der Waals surface area contributed by atoms with Gasteiger partial charge in [0.1, 0.15) is 12.3 Å².